The van der Waals surface area contributed by atoms with E-state index in [1.165, 1.54) is 24.3 Å². The molecule has 6 heteroatoms. The summed E-state index contributed by atoms with van der Waals surface area (Å²) in [4.78, 5) is 11.6. The van der Waals surface area contributed by atoms with Crippen LogP contribution in [0.1, 0.15) is 16.8 Å². The molecule has 0 atom stereocenters. The molecule has 0 aromatic heterocycles. The molecule has 1 amide bonds. The summed E-state index contributed by atoms with van der Waals surface area (Å²) in [5, 5.41) is 5.69. The predicted molar refractivity (Wildman–Crippen MR) is 64.0 cm³/mol. The maximum Gasteiger partial charge on any atom is 0.387 e. The van der Waals surface area contributed by atoms with Crippen molar-refractivity contribution in [2.75, 3.05) is 20.1 Å². The van der Waals surface area contributed by atoms with Crippen LogP contribution in [0, 0.1) is 0 Å². The molecule has 18 heavy (non-hydrogen) atoms. The predicted octanol–water partition coefficient (Wildman–Crippen LogP) is 1.63. The van der Waals surface area contributed by atoms with Crippen LogP contribution in [0.25, 0.3) is 0 Å². The number of amides is 1. The number of nitrogens with one attached hydrogen (secondary N) is 2. The van der Waals surface area contributed by atoms with Crippen molar-refractivity contribution in [1.82, 2.24) is 10.6 Å². The topological polar surface area (TPSA) is 50.4 Å². The Bertz CT molecular complexity index is 369. The van der Waals surface area contributed by atoms with Crippen molar-refractivity contribution in [2.24, 2.45) is 0 Å². The van der Waals surface area contributed by atoms with Crippen molar-refractivity contribution in [3.63, 3.8) is 0 Å². The fourth-order valence-corrected chi connectivity index (χ4v) is 1.36. The van der Waals surface area contributed by atoms with Gasteiger partial charge >= 0.3 is 6.61 Å². The molecular formula is C12H16F2N2O2. The standard InChI is InChI=1S/C12H16F2N2O2/c1-15-7-2-8-16-11(17)9-3-5-10(6-4-9)18-12(13)14/h3-6,12,15H,2,7-8H2,1H3,(H,16,17). The van der Waals surface area contributed by atoms with Crippen LogP contribution in [0.2, 0.25) is 0 Å². The fourth-order valence-electron chi connectivity index (χ4n) is 1.36. The van der Waals surface area contributed by atoms with Crippen LogP contribution in [0.4, 0.5) is 8.78 Å². The number of ether oxygens (including phenoxy) is 1. The third-order valence-electron chi connectivity index (χ3n) is 2.23. The Kier molecular flexibility index (Phi) is 6.07. The summed E-state index contributed by atoms with van der Waals surface area (Å²) in [6, 6.07) is 5.58. The molecule has 100 valence electrons. The van der Waals surface area contributed by atoms with Crippen molar-refractivity contribution in [3.05, 3.63) is 29.8 Å². The minimum atomic E-state index is -2.86. The van der Waals surface area contributed by atoms with E-state index in [1.54, 1.807) is 0 Å². The summed E-state index contributed by atoms with van der Waals surface area (Å²) in [5.41, 5.74) is 0.418. The molecule has 0 bridgehead atoms. The second-order valence-electron chi connectivity index (χ2n) is 3.62. The van der Waals surface area contributed by atoms with Crippen LogP contribution in [0.3, 0.4) is 0 Å². The van der Waals surface area contributed by atoms with Gasteiger partial charge in [-0.3, -0.25) is 4.79 Å². The van der Waals surface area contributed by atoms with Gasteiger partial charge in [-0.2, -0.15) is 8.78 Å². The molecule has 2 N–H and O–H groups in total. The minimum Gasteiger partial charge on any atom is -0.435 e. The smallest absolute Gasteiger partial charge is 0.387 e. The van der Waals surface area contributed by atoms with Gasteiger partial charge in [0.1, 0.15) is 5.75 Å². The van der Waals surface area contributed by atoms with Gasteiger partial charge in [0.2, 0.25) is 0 Å². The zero-order valence-corrected chi connectivity index (χ0v) is 10.1. The van der Waals surface area contributed by atoms with Gasteiger partial charge in [-0.15, -0.1) is 0 Å². The van der Waals surface area contributed by atoms with Gasteiger partial charge in [0.15, 0.2) is 0 Å². The molecule has 0 saturated heterocycles. The first kappa shape index (κ1) is 14.4. The Morgan fingerprint density at radius 2 is 1.94 bits per heavy atom. The van der Waals surface area contributed by atoms with Crippen LogP contribution < -0.4 is 15.4 Å². The third kappa shape index (κ3) is 5.09. The maximum atomic E-state index is 11.9. The first-order valence-electron chi connectivity index (χ1n) is 5.61. The molecule has 1 aromatic rings. The first-order valence-corrected chi connectivity index (χ1v) is 5.61. The molecule has 0 saturated carbocycles. The largest absolute Gasteiger partial charge is 0.435 e. The monoisotopic (exact) mass is 258 g/mol. The Morgan fingerprint density at radius 3 is 2.50 bits per heavy atom. The maximum absolute atomic E-state index is 11.9. The normalized spacial score (nSPS) is 10.4. The van der Waals surface area contributed by atoms with Crippen molar-refractivity contribution in [3.8, 4) is 5.75 Å². The number of alkyl halides is 2. The first-order chi connectivity index (χ1) is 8.63. The van der Waals surface area contributed by atoms with E-state index in [1.807, 2.05) is 7.05 Å². The van der Waals surface area contributed by atoms with E-state index in [2.05, 4.69) is 15.4 Å². The number of carbonyl (C=O) groups excluding carboxylic acids is 1. The second-order valence-corrected chi connectivity index (χ2v) is 3.62. The molecule has 0 radical (unpaired) electrons. The lowest BCUT2D eigenvalue weighted by Gasteiger charge is -2.07. The van der Waals surface area contributed by atoms with Crippen LogP contribution in [0.5, 0.6) is 5.75 Å². The molecule has 4 nitrogen and oxygen atoms in total. The van der Waals surface area contributed by atoms with E-state index in [0.29, 0.717) is 12.1 Å². The summed E-state index contributed by atoms with van der Waals surface area (Å²) < 4.78 is 28.0. The molecule has 1 aromatic carbocycles. The summed E-state index contributed by atoms with van der Waals surface area (Å²) in [5.74, 6) is -0.188. The van der Waals surface area contributed by atoms with E-state index in [4.69, 9.17) is 0 Å². The highest BCUT2D eigenvalue weighted by molar-refractivity contribution is 5.94. The lowest BCUT2D eigenvalue weighted by atomic mass is 10.2. The number of rotatable bonds is 7. The van der Waals surface area contributed by atoms with Gasteiger partial charge < -0.3 is 15.4 Å². The highest BCUT2D eigenvalue weighted by Crippen LogP contribution is 2.14. The van der Waals surface area contributed by atoms with Crippen LogP contribution >= 0.6 is 0 Å². The Hall–Kier alpha value is -1.69. The van der Waals surface area contributed by atoms with Crippen LogP contribution in [-0.4, -0.2) is 32.7 Å². The third-order valence-corrected chi connectivity index (χ3v) is 2.23. The number of hydrogen-bond donors (Lipinski definition) is 2. The van der Waals surface area contributed by atoms with Gasteiger partial charge in [0.25, 0.3) is 5.91 Å². The number of benzene rings is 1. The molecule has 0 heterocycles. The highest BCUT2D eigenvalue weighted by atomic mass is 19.3. The summed E-state index contributed by atoms with van der Waals surface area (Å²) in [6.07, 6.45) is 0.828. The van der Waals surface area contributed by atoms with Crippen LogP contribution in [0.15, 0.2) is 24.3 Å². The molecule has 0 unspecified atom stereocenters. The number of halogens is 2. The average molecular weight is 258 g/mol. The van der Waals surface area contributed by atoms with E-state index in [-0.39, 0.29) is 11.7 Å². The van der Waals surface area contributed by atoms with E-state index < -0.39 is 6.61 Å². The van der Waals surface area contributed by atoms with Crippen molar-refractivity contribution in [1.29, 1.82) is 0 Å². The SMILES string of the molecule is CNCCCNC(=O)c1ccc(OC(F)F)cc1. The Morgan fingerprint density at radius 1 is 1.28 bits per heavy atom. The summed E-state index contributed by atoms with van der Waals surface area (Å²) in [6.45, 7) is -1.47. The van der Waals surface area contributed by atoms with Gasteiger partial charge in [0, 0.05) is 12.1 Å². The molecule has 1 rings (SSSR count). The number of carbonyl (C=O) groups is 1. The van der Waals surface area contributed by atoms with E-state index in [0.717, 1.165) is 13.0 Å². The van der Waals surface area contributed by atoms with E-state index in [9.17, 15) is 13.6 Å². The van der Waals surface area contributed by atoms with E-state index >= 15 is 0 Å². The zero-order chi connectivity index (χ0) is 13.4. The lowest BCUT2D eigenvalue weighted by Crippen LogP contribution is -2.26. The van der Waals surface area contributed by atoms with Gasteiger partial charge in [-0.05, 0) is 44.3 Å². The molecule has 0 aliphatic heterocycles. The Labute approximate surface area is 104 Å². The molecule has 0 aliphatic carbocycles. The van der Waals surface area contributed by atoms with Crippen molar-refractivity contribution < 1.29 is 18.3 Å². The average Bonchev–Trinajstić information content (AvgIpc) is 2.34. The quantitative estimate of drug-likeness (QED) is 0.731. The lowest BCUT2D eigenvalue weighted by molar-refractivity contribution is -0.0498. The van der Waals surface area contributed by atoms with Gasteiger partial charge in [-0.1, -0.05) is 0 Å². The molecule has 0 spiro atoms. The van der Waals surface area contributed by atoms with Gasteiger partial charge in [0.05, 0.1) is 0 Å². The van der Waals surface area contributed by atoms with Crippen molar-refractivity contribution in [2.45, 2.75) is 13.0 Å². The molecule has 0 aliphatic rings. The van der Waals surface area contributed by atoms with Gasteiger partial charge in [-0.25, -0.2) is 0 Å². The van der Waals surface area contributed by atoms with Crippen molar-refractivity contribution >= 4 is 5.91 Å². The summed E-state index contributed by atoms with van der Waals surface area (Å²) in [7, 11) is 1.84. The Balaban J connectivity index is 2.43. The van der Waals surface area contributed by atoms with Crippen LogP contribution in [-0.2, 0) is 0 Å². The molecular weight excluding hydrogens is 242 g/mol. The second kappa shape index (κ2) is 7.60. The number of hydrogen-bond acceptors (Lipinski definition) is 3. The summed E-state index contributed by atoms with van der Waals surface area (Å²) >= 11 is 0. The zero-order valence-electron chi connectivity index (χ0n) is 10.1. The minimum absolute atomic E-state index is 0.0386. The molecule has 0 fully saturated rings. The highest BCUT2D eigenvalue weighted by Gasteiger charge is 2.07. The fraction of sp³-hybridized carbons (Fsp3) is 0.417.